The number of ether oxygens (including phenoxy) is 2. The number of aryl methyl sites for hydroxylation is 1. The van der Waals surface area contributed by atoms with Crippen molar-refractivity contribution >= 4 is 50.3 Å². The molecule has 0 unspecified atom stereocenters. The van der Waals surface area contributed by atoms with Crippen LogP contribution in [0.2, 0.25) is 5.02 Å². The van der Waals surface area contributed by atoms with Gasteiger partial charge in [0, 0.05) is 16.6 Å². The van der Waals surface area contributed by atoms with Gasteiger partial charge in [-0.05, 0) is 60.5 Å². The Hall–Kier alpha value is -3.76. The van der Waals surface area contributed by atoms with Gasteiger partial charge >= 0.3 is 0 Å². The minimum atomic E-state index is -0.465. The molecule has 9 nitrogen and oxygen atoms in total. The molecule has 4 rings (SSSR count). The van der Waals surface area contributed by atoms with Crippen LogP contribution in [-0.2, 0) is 6.61 Å². The summed E-state index contributed by atoms with van der Waals surface area (Å²) in [5, 5.41) is 15.8. The zero-order valence-corrected chi connectivity index (χ0v) is 20.9. The predicted molar refractivity (Wildman–Crippen MR) is 137 cm³/mol. The number of nitro groups is 1. The fourth-order valence-corrected chi connectivity index (χ4v) is 3.98. The van der Waals surface area contributed by atoms with Crippen molar-refractivity contribution in [3.8, 4) is 11.5 Å². The molecular weight excluding hydrogens is 540 g/mol. The van der Waals surface area contributed by atoms with Crippen LogP contribution in [0.15, 0.2) is 69.0 Å². The minimum absolute atomic E-state index is 0.00315. The first-order valence-electron chi connectivity index (χ1n) is 10.2. The Labute approximate surface area is 212 Å². The number of aromatic nitrogens is 2. The van der Waals surface area contributed by atoms with Crippen LogP contribution in [0.1, 0.15) is 17.0 Å². The van der Waals surface area contributed by atoms with Crippen molar-refractivity contribution in [2.75, 3.05) is 7.11 Å². The molecule has 1 aromatic heterocycles. The highest BCUT2D eigenvalue weighted by Crippen LogP contribution is 2.36. The lowest BCUT2D eigenvalue weighted by atomic mass is 10.2. The van der Waals surface area contributed by atoms with E-state index in [4.69, 9.17) is 21.1 Å². The van der Waals surface area contributed by atoms with Crippen molar-refractivity contribution in [2.45, 2.75) is 13.5 Å². The second-order valence-electron chi connectivity index (χ2n) is 7.43. The largest absolute Gasteiger partial charge is 0.493 e. The second-order valence-corrected chi connectivity index (χ2v) is 8.75. The molecule has 0 aliphatic rings. The van der Waals surface area contributed by atoms with E-state index in [0.29, 0.717) is 33.8 Å². The van der Waals surface area contributed by atoms with E-state index in [1.54, 1.807) is 43.3 Å². The molecule has 178 valence electrons. The van der Waals surface area contributed by atoms with Gasteiger partial charge < -0.3 is 9.47 Å². The molecule has 0 fully saturated rings. The van der Waals surface area contributed by atoms with Crippen molar-refractivity contribution in [1.82, 2.24) is 9.66 Å². The molecule has 0 spiro atoms. The van der Waals surface area contributed by atoms with Crippen molar-refractivity contribution in [2.24, 2.45) is 5.10 Å². The van der Waals surface area contributed by atoms with Gasteiger partial charge in [-0.2, -0.15) is 9.78 Å². The molecule has 0 saturated heterocycles. The van der Waals surface area contributed by atoms with E-state index >= 15 is 0 Å². The van der Waals surface area contributed by atoms with Crippen LogP contribution in [0.3, 0.4) is 0 Å². The monoisotopic (exact) mass is 556 g/mol. The van der Waals surface area contributed by atoms with Crippen molar-refractivity contribution in [1.29, 1.82) is 0 Å². The summed E-state index contributed by atoms with van der Waals surface area (Å²) in [7, 11) is 1.48. The van der Waals surface area contributed by atoms with Gasteiger partial charge in [0.25, 0.3) is 11.2 Å². The van der Waals surface area contributed by atoms with Gasteiger partial charge in [0.05, 0.1) is 34.2 Å². The average Bonchev–Trinajstić information content (AvgIpc) is 2.83. The molecule has 0 bridgehead atoms. The highest BCUT2D eigenvalue weighted by Gasteiger charge is 2.13. The molecule has 0 aliphatic heterocycles. The molecule has 0 aliphatic carbocycles. The summed E-state index contributed by atoms with van der Waals surface area (Å²) in [5.74, 6) is 1.11. The van der Waals surface area contributed by atoms with Gasteiger partial charge in [-0.1, -0.05) is 27.5 Å². The molecule has 4 aromatic rings. The molecule has 0 radical (unpaired) electrons. The van der Waals surface area contributed by atoms with E-state index in [9.17, 15) is 14.9 Å². The van der Waals surface area contributed by atoms with E-state index in [1.165, 1.54) is 30.1 Å². The first kappa shape index (κ1) is 24.4. The van der Waals surface area contributed by atoms with Gasteiger partial charge in [-0.15, -0.1) is 0 Å². The Bertz CT molecular complexity index is 1520. The second kappa shape index (κ2) is 10.2. The maximum absolute atomic E-state index is 12.9. The Morgan fingerprint density at radius 3 is 2.63 bits per heavy atom. The van der Waals surface area contributed by atoms with Crippen LogP contribution in [0.4, 0.5) is 5.69 Å². The number of halogens is 2. The number of nitrogens with zero attached hydrogens (tertiary/aromatic N) is 4. The molecule has 0 amide bonds. The van der Waals surface area contributed by atoms with Gasteiger partial charge in [0.15, 0.2) is 11.5 Å². The number of non-ortho nitro benzene ring substituents is 1. The minimum Gasteiger partial charge on any atom is -0.493 e. The van der Waals surface area contributed by atoms with Crippen LogP contribution >= 0.6 is 27.5 Å². The Kier molecular flexibility index (Phi) is 7.13. The first-order chi connectivity index (χ1) is 16.8. The number of benzene rings is 3. The van der Waals surface area contributed by atoms with Crippen molar-refractivity contribution < 1.29 is 14.4 Å². The van der Waals surface area contributed by atoms with Crippen molar-refractivity contribution in [3.63, 3.8) is 0 Å². The van der Waals surface area contributed by atoms with Crippen LogP contribution in [0, 0.1) is 17.0 Å². The third-order valence-corrected chi connectivity index (χ3v) is 5.85. The van der Waals surface area contributed by atoms with Gasteiger partial charge in [0.2, 0.25) is 0 Å². The average molecular weight is 558 g/mol. The maximum Gasteiger partial charge on any atom is 0.282 e. The Balaban J connectivity index is 1.60. The van der Waals surface area contributed by atoms with Gasteiger partial charge in [0.1, 0.15) is 12.4 Å². The highest BCUT2D eigenvalue weighted by molar-refractivity contribution is 9.10. The van der Waals surface area contributed by atoms with Crippen LogP contribution in [0.25, 0.3) is 10.9 Å². The smallest absolute Gasteiger partial charge is 0.282 e. The summed E-state index contributed by atoms with van der Waals surface area (Å²) in [6, 6.07) is 14.6. The molecule has 0 N–H and O–H groups in total. The Morgan fingerprint density at radius 2 is 1.94 bits per heavy atom. The van der Waals surface area contributed by atoms with Gasteiger partial charge in [-0.25, -0.2) is 4.98 Å². The fraction of sp³-hybridized carbons (Fsp3) is 0.125. The molecule has 35 heavy (non-hydrogen) atoms. The number of fused-ring (bicyclic) bond motifs is 1. The van der Waals surface area contributed by atoms with E-state index < -0.39 is 4.92 Å². The zero-order valence-electron chi connectivity index (χ0n) is 18.6. The van der Waals surface area contributed by atoms with E-state index in [-0.39, 0.29) is 22.9 Å². The highest BCUT2D eigenvalue weighted by atomic mass is 79.9. The molecule has 0 saturated carbocycles. The summed E-state index contributed by atoms with van der Waals surface area (Å²) >= 11 is 9.81. The summed E-state index contributed by atoms with van der Waals surface area (Å²) in [6.07, 6.45) is 1.48. The lowest BCUT2D eigenvalue weighted by molar-refractivity contribution is -0.384. The standard InChI is InChI=1S/C24H18BrClN4O5/c1-14-28-21-8-5-17(25)11-19(21)24(31)29(14)27-12-16-9-20(26)23(22(10-16)34-2)35-13-15-3-6-18(7-4-15)30(32)33/h3-12H,13H2,1-2H3. The Morgan fingerprint density at radius 1 is 1.20 bits per heavy atom. The first-order valence-corrected chi connectivity index (χ1v) is 11.4. The summed E-state index contributed by atoms with van der Waals surface area (Å²) < 4.78 is 13.2. The quantitative estimate of drug-likeness (QED) is 0.169. The number of methoxy groups -OCH3 is 1. The molecule has 3 aromatic carbocycles. The number of rotatable bonds is 7. The zero-order chi connectivity index (χ0) is 25.1. The number of hydrogen-bond donors (Lipinski definition) is 0. The van der Waals surface area contributed by atoms with E-state index in [1.807, 2.05) is 6.07 Å². The van der Waals surface area contributed by atoms with Crippen molar-refractivity contribution in [3.05, 3.63) is 102 Å². The molecular formula is C24H18BrClN4O5. The maximum atomic E-state index is 12.9. The van der Waals surface area contributed by atoms with Gasteiger partial charge in [-0.3, -0.25) is 14.9 Å². The number of nitro benzene ring substituents is 1. The summed E-state index contributed by atoms with van der Waals surface area (Å²) in [5.41, 5.74) is 1.59. The third kappa shape index (κ3) is 5.33. The normalized spacial score (nSPS) is 11.2. The van der Waals surface area contributed by atoms with Crippen LogP contribution in [-0.4, -0.2) is 27.9 Å². The van der Waals surface area contributed by atoms with Crippen LogP contribution in [0.5, 0.6) is 11.5 Å². The summed E-state index contributed by atoms with van der Waals surface area (Å²) in [4.78, 5) is 27.7. The topological polar surface area (TPSA) is 109 Å². The van der Waals surface area contributed by atoms with E-state index in [2.05, 4.69) is 26.0 Å². The number of hydrogen-bond acceptors (Lipinski definition) is 7. The summed E-state index contributed by atoms with van der Waals surface area (Å²) in [6.45, 7) is 1.83. The van der Waals surface area contributed by atoms with Crippen LogP contribution < -0.4 is 15.0 Å². The predicted octanol–water partition coefficient (Wildman–Crippen LogP) is 5.50. The lowest BCUT2D eigenvalue weighted by Crippen LogP contribution is -2.20. The lowest BCUT2D eigenvalue weighted by Gasteiger charge is -2.13. The molecule has 0 atom stereocenters. The SMILES string of the molecule is COc1cc(C=Nn2c(C)nc3ccc(Br)cc3c2=O)cc(Cl)c1OCc1ccc([N+](=O)[O-])cc1. The fourth-order valence-electron chi connectivity index (χ4n) is 3.34. The molecule has 11 heteroatoms. The van der Waals surface area contributed by atoms with E-state index in [0.717, 1.165) is 10.0 Å². The molecule has 1 heterocycles. The third-order valence-electron chi connectivity index (χ3n) is 5.07.